The zero-order valence-corrected chi connectivity index (χ0v) is 18.4. The maximum Gasteiger partial charge on any atom is 0.301 e. The van der Waals surface area contributed by atoms with E-state index < -0.39 is 74.7 Å². The van der Waals surface area contributed by atoms with E-state index in [1.54, 1.807) is 0 Å². The molecule has 1 saturated heterocycles. The fourth-order valence-electron chi connectivity index (χ4n) is 3.24. The number of nitrogens with zero attached hydrogens (tertiary/aromatic N) is 3. The Labute approximate surface area is 189 Å². The average molecular weight is 507 g/mol. The Hall–Kier alpha value is -2.90. The molecule has 33 heavy (non-hydrogen) atoms. The molecule has 1 fully saturated rings. The van der Waals surface area contributed by atoms with Gasteiger partial charge in [-0.25, -0.2) is 22.5 Å². The minimum Gasteiger partial charge on any atom is -0.450 e. The van der Waals surface area contributed by atoms with Crippen LogP contribution in [0.15, 0.2) is 35.4 Å². The van der Waals surface area contributed by atoms with E-state index in [4.69, 9.17) is 16.3 Å². The highest BCUT2D eigenvalue weighted by Gasteiger charge is 2.43. The Balaban J connectivity index is 1.69. The Morgan fingerprint density at radius 3 is 2.61 bits per heavy atom. The summed E-state index contributed by atoms with van der Waals surface area (Å²) in [5, 5.41) is -0.982. The summed E-state index contributed by atoms with van der Waals surface area (Å²) in [5.41, 5.74) is -1.04. The maximum absolute atomic E-state index is 15.0. The first-order chi connectivity index (χ1) is 15.4. The quantitative estimate of drug-likeness (QED) is 0.533. The summed E-state index contributed by atoms with van der Waals surface area (Å²) in [5.74, 6) is -6.65. The van der Waals surface area contributed by atoms with Gasteiger partial charge in [-0.15, -0.1) is 0 Å². The molecule has 0 radical (unpaired) electrons. The van der Waals surface area contributed by atoms with Crippen LogP contribution in [-0.2, 0) is 17.3 Å². The van der Waals surface area contributed by atoms with E-state index in [1.165, 1.54) is 19.4 Å². The summed E-state index contributed by atoms with van der Waals surface area (Å²) in [6.07, 6.45) is 0.558. The molecule has 0 saturated carbocycles. The summed E-state index contributed by atoms with van der Waals surface area (Å²) >= 11 is 6.10. The summed E-state index contributed by atoms with van der Waals surface area (Å²) in [7, 11) is -3.08. The minimum atomic E-state index is -4.44. The molecule has 0 amide bonds. The number of nitrogens with one attached hydrogen (secondary N) is 1. The van der Waals surface area contributed by atoms with Crippen LogP contribution in [0.1, 0.15) is 6.42 Å². The van der Waals surface area contributed by atoms with E-state index in [2.05, 4.69) is 4.98 Å². The summed E-state index contributed by atoms with van der Waals surface area (Å²) in [6.45, 7) is -1.44. The van der Waals surface area contributed by atoms with Crippen molar-refractivity contribution < 1.29 is 30.7 Å². The van der Waals surface area contributed by atoms with Gasteiger partial charge in [0.25, 0.3) is 11.5 Å². The number of anilines is 1. The van der Waals surface area contributed by atoms with Gasteiger partial charge in [0.15, 0.2) is 23.1 Å². The monoisotopic (exact) mass is 506 g/mol. The van der Waals surface area contributed by atoms with Crippen LogP contribution in [0.4, 0.5) is 23.2 Å². The lowest BCUT2D eigenvalue weighted by Crippen LogP contribution is -2.35. The largest absolute Gasteiger partial charge is 0.450 e. The van der Waals surface area contributed by atoms with Gasteiger partial charge in [0.1, 0.15) is 10.4 Å². The van der Waals surface area contributed by atoms with Crippen molar-refractivity contribution >= 4 is 38.4 Å². The Kier molecular flexibility index (Phi) is 5.75. The van der Waals surface area contributed by atoms with Gasteiger partial charge in [0.05, 0.1) is 24.1 Å². The van der Waals surface area contributed by atoms with Gasteiger partial charge in [-0.2, -0.15) is 12.7 Å². The highest BCUT2D eigenvalue weighted by atomic mass is 35.5. The number of ether oxygens (including phenoxy) is 1. The van der Waals surface area contributed by atoms with Gasteiger partial charge in [-0.05, 0) is 24.3 Å². The van der Waals surface area contributed by atoms with Crippen molar-refractivity contribution in [2.45, 2.75) is 12.3 Å². The normalized spacial score (nSPS) is 16.3. The molecule has 0 aliphatic carbocycles. The highest BCUT2D eigenvalue weighted by Crippen LogP contribution is 2.40. The smallest absolute Gasteiger partial charge is 0.301 e. The van der Waals surface area contributed by atoms with E-state index in [0.717, 1.165) is 22.8 Å². The number of aryl methyl sites for hydroxylation is 1. The molecule has 4 rings (SSSR count). The number of benzene rings is 2. The lowest BCUT2D eigenvalue weighted by molar-refractivity contribution is 0.0184. The Morgan fingerprint density at radius 1 is 1.21 bits per heavy atom. The lowest BCUT2D eigenvalue weighted by atomic mass is 10.2. The summed E-state index contributed by atoms with van der Waals surface area (Å²) in [6, 6.07) is 4.15. The molecule has 3 aromatic rings. The molecular formula is C19H15ClF4N4O4S. The van der Waals surface area contributed by atoms with Crippen LogP contribution in [0.5, 0.6) is 11.5 Å². The molecule has 176 valence electrons. The first-order valence-electron chi connectivity index (χ1n) is 9.35. The minimum absolute atomic E-state index is 0.0402. The third kappa shape index (κ3) is 4.35. The Bertz CT molecular complexity index is 1430. The number of aromatic nitrogens is 2. The number of hydrogen-bond acceptors (Lipinski definition) is 5. The Morgan fingerprint density at radius 2 is 1.94 bits per heavy atom. The zero-order valence-electron chi connectivity index (χ0n) is 16.8. The van der Waals surface area contributed by atoms with Crippen molar-refractivity contribution in [3.05, 3.63) is 57.6 Å². The molecule has 2 heterocycles. The number of hydrogen-bond donors (Lipinski definition) is 1. The van der Waals surface area contributed by atoms with Crippen molar-refractivity contribution in [1.82, 2.24) is 13.9 Å². The van der Waals surface area contributed by atoms with Crippen LogP contribution in [0, 0.1) is 11.6 Å². The van der Waals surface area contributed by atoms with E-state index in [0.29, 0.717) is 4.31 Å². The maximum atomic E-state index is 15.0. The fourth-order valence-corrected chi connectivity index (χ4v) is 4.80. The van der Waals surface area contributed by atoms with Crippen LogP contribution in [0.25, 0.3) is 10.9 Å². The predicted octanol–water partition coefficient (Wildman–Crippen LogP) is 3.66. The van der Waals surface area contributed by atoms with Gasteiger partial charge in [-0.3, -0.25) is 9.52 Å². The second-order valence-corrected chi connectivity index (χ2v) is 9.37. The molecule has 0 bridgehead atoms. The number of alkyl halides is 2. The SMILES string of the molecule is Cn1cnc2ccc(Oc3c(F)ccc(NS(=O)(=O)N4CCC(F)(F)C4)c3Cl)c(F)c2c1=O. The zero-order chi connectivity index (χ0) is 24.1. The molecule has 1 aliphatic heterocycles. The van der Waals surface area contributed by atoms with Crippen LogP contribution in [0.2, 0.25) is 5.02 Å². The molecular weight excluding hydrogens is 492 g/mol. The van der Waals surface area contributed by atoms with E-state index in [9.17, 15) is 30.8 Å². The van der Waals surface area contributed by atoms with Gasteiger partial charge in [0, 0.05) is 20.0 Å². The first kappa shape index (κ1) is 23.3. The van der Waals surface area contributed by atoms with Crippen LogP contribution in [0.3, 0.4) is 0 Å². The van der Waals surface area contributed by atoms with Crippen molar-refractivity contribution in [2.24, 2.45) is 7.05 Å². The van der Waals surface area contributed by atoms with Crippen LogP contribution in [-0.4, -0.2) is 41.3 Å². The van der Waals surface area contributed by atoms with Gasteiger partial charge >= 0.3 is 10.2 Å². The predicted molar refractivity (Wildman–Crippen MR) is 112 cm³/mol. The highest BCUT2D eigenvalue weighted by molar-refractivity contribution is 7.90. The topological polar surface area (TPSA) is 93.5 Å². The number of halogens is 5. The van der Waals surface area contributed by atoms with E-state index in [1.807, 2.05) is 4.72 Å². The fraction of sp³-hybridized carbons (Fsp3) is 0.263. The molecule has 0 spiro atoms. The summed E-state index contributed by atoms with van der Waals surface area (Å²) < 4.78 is 90.0. The summed E-state index contributed by atoms with van der Waals surface area (Å²) in [4.78, 5) is 16.2. The van der Waals surface area contributed by atoms with Gasteiger partial charge < -0.3 is 9.30 Å². The molecule has 14 heteroatoms. The molecule has 1 aliphatic rings. The van der Waals surface area contributed by atoms with E-state index >= 15 is 0 Å². The van der Waals surface area contributed by atoms with E-state index in [-0.39, 0.29) is 11.2 Å². The van der Waals surface area contributed by atoms with Gasteiger partial charge in [-0.1, -0.05) is 11.6 Å². The molecule has 2 aromatic carbocycles. The number of rotatable bonds is 5. The van der Waals surface area contributed by atoms with Crippen molar-refractivity contribution in [3.8, 4) is 11.5 Å². The second kappa shape index (κ2) is 8.15. The standard InChI is InChI=1S/C19H15ClF4N4O4S/c1-27-9-25-11-4-5-13(16(22)14(11)18(27)29)32-17-10(21)2-3-12(15(17)20)26-33(30,31)28-7-6-19(23,24)8-28/h2-5,9,26H,6-8H2,1H3. The van der Waals surface area contributed by atoms with Crippen molar-refractivity contribution in [3.63, 3.8) is 0 Å². The third-order valence-corrected chi connectivity index (χ3v) is 6.81. The molecule has 0 unspecified atom stereocenters. The number of fused-ring (bicyclic) bond motifs is 1. The average Bonchev–Trinajstić information content (AvgIpc) is 3.12. The molecule has 1 aromatic heterocycles. The third-order valence-electron chi connectivity index (χ3n) is 4.96. The van der Waals surface area contributed by atoms with Crippen molar-refractivity contribution in [2.75, 3.05) is 17.8 Å². The molecule has 8 nitrogen and oxygen atoms in total. The van der Waals surface area contributed by atoms with Crippen molar-refractivity contribution in [1.29, 1.82) is 0 Å². The lowest BCUT2D eigenvalue weighted by Gasteiger charge is -2.19. The first-order valence-corrected chi connectivity index (χ1v) is 11.2. The van der Waals surface area contributed by atoms with Crippen LogP contribution < -0.4 is 15.0 Å². The molecule has 0 atom stereocenters. The van der Waals surface area contributed by atoms with Crippen LogP contribution >= 0.6 is 11.6 Å². The second-order valence-electron chi connectivity index (χ2n) is 7.32. The van der Waals surface area contributed by atoms with Gasteiger partial charge in [0.2, 0.25) is 0 Å². The molecule has 1 N–H and O–H groups in total.